The average Bonchev–Trinajstić information content (AvgIpc) is 2.99. The highest BCUT2D eigenvalue weighted by Crippen LogP contribution is 2.43. The van der Waals surface area contributed by atoms with E-state index in [4.69, 9.17) is 4.74 Å². The minimum absolute atomic E-state index is 0. The van der Waals surface area contributed by atoms with Crippen LogP contribution in [0.5, 0.6) is 0 Å². The van der Waals surface area contributed by atoms with E-state index in [2.05, 4.69) is 133 Å². The fraction of sp³-hybridized carbons (Fsp3) is 0.314. The fourth-order valence-corrected chi connectivity index (χ4v) is 6.24. The van der Waals surface area contributed by atoms with Gasteiger partial charge < -0.3 is 9.64 Å². The van der Waals surface area contributed by atoms with Crippen LogP contribution in [-0.4, -0.2) is 37.7 Å². The summed E-state index contributed by atoms with van der Waals surface area (Å²) in [6.07, 6.45) is 3.30. The Bertz CT molecular complexity index is 1110. The molecular weight excluding hydrogens is 486 g/mol. The summed E-state index contributed by atoms with van der Waals surface area (Å²) in [5.41, 5.74) is 5.43. The largest absolute Gasteiger partial charge is 0.381 e. The summed E-state index contributed by atoms with van der Waals surface area (Å²) in [7, 11) is 0. The van der Waals surface area contributed by atoms with Gasteiger partial charge in [-0.15, -0.1) is 12.4 Å². The van der Waals surface area contributed by atoms with Crippen molar-refractivity contribution in [3.8, 4) is 0 Å². The monoisotopic (exact) mass is 525 g/mol. The molecule has 4 aromatic rings. The summed E-state index contributed by atoms with van der Waals surface area (Å²) in [4.78, 5) is 2.68. The van der Waals surface area contributed by atoms with Gasteiger partial charge in [0.15, 0.2) is 0 Å². The van der Waals surface area contributed by atoms with E-state index in [1.807, 2.05) is 0 Å². The lowest BCUT2D eigenvalue weighted by Crippen LogP contribution is -2.46. The third kappa shape index (κ3) is 5.89. The van der Waals surface area contributed by atoms with Crippen LogP contribution in [0.3, 0.4) is 0 Å². The van der Waals surface area contributed by atoms with E-state index < -0.39 is 0 Å². The van der Waals surface area contributed by atoms with Crippen molar-refractivity contribution in [2.24, 2.45) is 0 Å². The first-order chi connectivity index (χ1) is 18.3. The summed E-state index contributed by atoms with van der Waals surface area (Å²) in [5.74, 6) is 0. The Morgan fingerprint density at radius 1 is 0.658 bits per heavy atom. The van der Waals surface area contributed by atoms with Gasteiger partial charge in [-0.2, -0.15) is 0 Å². The Kier molecular flexibility index (Phi) is 9.80. The zero-order valence-electron chi connectivity index (χ0n) is 22.5. The number of piperidine rings is 1. The number of likely N-dealkylation sites (tertiary alicyclic amines) is 1. The predicted molar refractivity (Wildman–Crippen MR) is 161 cm³/mol. The van der Waals surface area contributed by atoms with Crippen molar-refractivity contribution >= 4 is 12.4 Å². The van der Waals surface area contributed by atoms with Crippen LogP contribution in [0.25, 0.3) is 0 Å². The second-order valence-corrected chi connectivity index (χ2v) is 10.4. The van der Waals surface area contributed by atoms with Gasteiger partial charge in [0, 0.05) is 17.4 Å². The molecule has 0 aromatic heterocycles. The van der Waals surface area contributed by atoms with Crippen LogP contribution < -0.4 is 0 Å². The van der Waals surface area contributed by atoms with Crippen LogP contribution in [0.1, 0.15) is 48.4 Å². The Hall–Kier alpha value is -2.91. The maximum Gasteiger partial charge on any atom is 0.0563 e. The van der Waals surface area contributed by atoms with Crippen molar-refractivity contribution in [3.05, 3.63) is 144 Å². The summed E-state index contributed by atoms with van der Waals surface area (Å²) < 4.78 is 6.04. The molecule has 198 valence electrons. The molecule has 1 aliphatic heterocycles. The van der Waals surface area contributed by atoms with E-state index >= 15 is 0 Å². The minimum atomic E-state index is -0.191. The maximum absolute atomic E-state index is 6.04. The highest BCUT2D eigenvalue weighted by molar-refractivity contribution is 5.85. The molecule has 0 aliphatic carbocycles. The zero-order valence-corrected chi connectivity index (χ0v) is 23.3. The predicted octanol–water partition coefficient (Wildman–Crippen LogP) is 7.90. The summed E-state index contributed by atoms with van der Waals surface area (Å²) in [6, 6.07) is 44.3. The Labute approximate surface area is 235 Å². The van der Waals surface area contributed by atoms with Gasteiger partial charge in [0.25, 0.3) is 0 Å². The number of rotatable bonds is 10. The first kappa shape index (κ1) is 28.1. The summed E-state index contributed by atoms with van der Waals surface area (Å²) in [6.45, 7) is 6.92. The van der Waals surface area contributed by atoms with Crippen LogP contribution in [0.4, 0.5) is 0 Å². The van der Waals surface area contributed by atoms with Crippen LogP contribution in [0, 0.1) is 0 Å². The molecule has 0 saturated carbocycles. The van der Waals surface area contributed by atoms with Gasteiger partial charge in [-0.25, -0.2) is 0 Å². The lowest BCUT2D eigenvalue weighted by molar-refractivity contribution is 0.0496. The van der Waals surface area contributed by atoms with E-state index in [1.165, 1.54) is 22.3 Å². The number of hydrogen-bond acceptors (Lipinski definition) is 2. The second kappa shape index (κ2) is 13.2. The smallest absolute Gasteiger partial charge is 0.0563 e. The lowest BCUT2D eigenvalue weighted by Gasteiger charge is -2.44. The number of halogens is 1. The van der Waals surface area contributed by atoms with Gasteiger partial charge in [-0.1, -0.05) is 121 Å². The molecule has 0 bridgehead atoms. The van der Waals surface area contributed by atoms with Crippen molar-refractivity contribution < 1.29 is 4.74 Å². The summed E-state index contributed by atoms with van der Waals surface area (Å²) >= 11 is 0. The van der Waals surface area contributed by atoms with Gasteiger partial charge in [-0.05, 0) is 68.1 Å². The van der Waals surface area contributed by atoms with Gasteiger partial charge in [0.1, 0.15) is 0 Å². The molecule has 1 saturated heterocycles. The molecule has 1 heterocycles. The molecule has 5 rings (SSSR count). The van der Waals surface area contributed by atoms with Gasteiger partial charge in [0.05, 0.1) is 6.61 Å². The molecule has 38 heavy (non-hydrogen) atoms. The first-order valence-electron chi connectivity index (χ1n) is 13.8. The quantitative estimate of drug-likeness (QED) is 0.195. The third-order valence-corrected chi connectivity index (χ3v) is 8.38. The van der Waals surface area contributed by atoms with Crippen LogP contribution in [0.2, 0.25) is 0 Å². The molecule has 0 spiro atoms. The summed E-state index contributed by atoms with van der Waals surface area (Å²) in [5, 5.41) is 0. The highest BCUT2D eigenvalue weighted by Gasteiger charge is 2.39. The van der Waals surface area contributed by atoms with Crippen LogP contribution in [0.15, 0.2) is 121 Å². The molecular formula is C35H40ClNO. The molecule has 0 amide bonds. The molecule has 0 atom stereocenters. The number of nitrogens with zero attached hydrogens (tertiary/aromatic N) is 1. The fourth-order valence-electron chi connectivity index (χ4n) is 6.24. The number of ether oxygens (including phenoxy) is 1. The normalized spacial score (nSPS) is 15.5. The number of benzene rings is 4. The Balaban J connectivity index is 0.00000336. The Morgan fingerprint density at radius 2 is 1.08 bits per heavy atom. The van der Waals surface area contributed by atoms with E-state index in [9.17, 15) is 0 Å². The Morgan fingerprint density at radius 3 is 1.50 bits per heavy atom. The van der Waals surface area contributed by atoms with Crippen molar-refractivity contribution in [3.63, 3.8) is 0 Å². The van der Waals surface area contributed by atoms with Gasteiger partial charge >= 0.3 is 0 Å². The molecule has 0 unspecified atom stereocenters. The van der Waals surface area contributed by atoms with Crippen molar-refractivity contribution in [2.75, 3.05) is 32.8 Å². The SMILES string of the molecule is CCOCC1(c2ccccc2)CCN(CCC(c2ccccc2)(c2ccccc2)c2ccccc2)CC1.Cl. The lowest BCUT2D eigenvalue weighted by atomic mass is 9.67. The third-order valence-electron chi connectivity index (χ3n) is 8.38. The molecule has 0 N–H and O–H groups in total. The van der Waals surface area contributed by atoms with E-state index in [0.29, 0.717) is 0 Å². The van der Waals surface area contributed by atoms with Gasteiger partial charge in [0.2, 0.25) is 0 Å². The second-order valence-electron chi connectivity index (χ2n) is 10.4. The first-order valence-corrected chi connectivity index (χ1v) is 13.8. The van der Waals surface area contributed by atoms with E-state index in [1.54, 1.807) is 0 Å². The molecule has 0 radical (unpaired) electrons. The zero-order chi connectivity index (χ0) is 25.4. The molecule has 3 heteroatoms. The standard InChI is InChI=1S/C35H39NO.ClH/c1-2-37-29-34(30-15-7-3-8-16-30)23-26-36(27-24-34)28-25-35(31-17-9-4-10-18-31,32-19-11-5-12-20-32)33-21-13-6-14-22-33;/h3-22H,2,23-29H2,1H3;1H. The molecule has 1 fully saturated rings. The van der Waals surface area contributed by atoms with Crippen molar-refractivity contribution in [1.29, 1.82) is 0 Å². The maximum atomic E-state index is 6.04. The molecule has 4 aromatic carbocycles. The average molecular weight is 526 g/mol. The molecule has 1 aliphatic rings. The molecule has 2 nitrogen and oxygen atoms in total. The number of hydrogen-bond donors (Lipinski definition) is 0. The van der Waals surface area contributed by atoms with Gasteiger partial charge in [-0.3, -0.25) is 0 Å². The van der Waals surface area contributed by atoms with E-state index in [0.717, 1.165) is 52.1 Å². The topological polar surface area (TPSA) is 12.5 Å². The van der Waals surface area contributed by atoms with E-state index in [-0.39, 0.29) is 23.2 Å². The van der Waals surface area contributed by atoms with Crippen molar-refractivity contribution in [2.45, 2.75) is 37.0 Å². The van der Waals surface area contributed by atoms with Crippen LogP contribution >= 0.6 is 12.4 Å². The van der Waals surface area contributed by atoms with Crippen LogP contribution in [-0.2, 0) is 15.6 Å². The highest BCUT2D eigenvalue weighted by atomic mass is 35.5. The minimum Gasteiger partial charge on any atom is -0.381 e. The van der Waals surface area contributed by atoms with Crippen molar-refractivity contribution in [1.82, 2.24) is 4.90 Å².